The van der Waals surface area contributed by atoms with Crippen LogP contribution in [0.15, 0.2) is 42.5 Å². The van der Waals surface area contributed by atoms with Gasteiger partial charge in [-0.3, -0.25) is 9.69 Å². The van der Waals surface area contributed by atoms with E-state index in [4.69, 9.17) is 14.2 Å². The van der Waals surface area contributed by atoms with Gasteiger partial charge in [0.1, 0.15) is 0 Å². The van der Waals surface area contributed by atoms with E-state index in [1.54, 1.807) is 18.1 Å². The van der Waals surface area contributed by atoms with Gasteiger partial charge in [0.05, 0.1) is 24.4 Å². The van der Waals surface area contributed by atoms with Crippen LogP contribution < -0.4 is 14.8 Å². The fourth-order valence-corrected chi connectivity index (χ4v) is 2.96. The van der Waals surface area contributed by atoms with Crippen molar-refractivity contribution in [2.75, 3.05) is 38.9 Å². The lowest BCUT2D eigenvalue weighted by Gasteiger charge is -2.22. The zero-order chi connectivity index (χ0) is 20.9. The molecule has 0 radical (unpaired) electrons. The molecule has 0 saturated carbocycles. The normalized spacial score (nSPS) is 13.0. The topological polar surface area (TPSA) is 60.0 Å². The summed E-state index contributed by atoms with van der Waals surface area (Å²) in [7, 11) is 1.54. The van der Waals surface area contributed by atoms with Crippen LogP contribution in [0.2, 0.25) is 0 Å². The molecule has 156 valence electrons. The molecule has 0 spiro atoms. The van der Waals surface area contributed by atoms with Crippen LogP contribution in [0.25, 0.3) is 0 Å². The Kier molecular flexibility index (Phi) is 6.60. The number of nitrogens with one attached hydrogen (secondary N) is 1. The van der Waals surface area contributed by atoms with Gasteiger partial charge in [0, 0.05) is 20.2 Å². The molecule has 9 heteroatoms. The Morgan fingerprint density at radius 3 is 2.69 bits per heavy atom. The van der Waals surface area contributed by atoms with Crippen LogP contribution in [0.5, 0.6) is 11.5 Å². The molecule has 1 aliphatic heterocycles. The molecule has 0 fully saturated rings. The van der Waals surface area contributed by atoms with Crippen LogP contribution in [0.4, 0.5) is 18.9 Å². The lowest BCUT2D eigenvalue weighted by atomic mass is 10.1. The maximum absolute atomic E-state index is 13.1. The first-order valence-corrected chi connectivity index (χ1v) is 8.92. The first-order valence-electron chi connectivity index (χ1n) is 8.92. The number of carbonyl (C=O) groups is 1. The molecule has 6 nitrogen and oxygen atoms in total. The van der Waals surface area contributed by atoms with Gasteiger partial charge in [0.15, 0.2) is 11.5 Å². The minimum atomic E-state index is -4.55. The molecule has 1 N–H and O–H groups in total. The molecule has 0 atom stereocenters. The van der Waals surface area contributed by atoms with Crippen molar-refractivity contribution in [3.63, 3.8) is 0 Å². The second-order valence-corrected chi connectivity index (χ2v) is 6.48. The highest BCUT2D eigenvalue weighted by Gasteiger charge is 2.33. The fourth-order valence-electron chi connectivity index (χ4n) is 2.96. The number of rotatable bonds is 8. The average Bonchev–Trinajstić information content (AvgIpc) is 3.13. The molecule has 0 aliphatic carbocycles. The average molecular weight is 410 g/mol. The minimum Gasteiger partial charge on any atom is -0.454 e. The van der Waals surface area contributed by atoms with Crippen molar-refractivity contribution in [1.29, 1.82) is 0 Å². The standard InChI is InChI=1S/C20H21F3N2O4/c1-27-9-8-25(11-14-6-7-17-18(10-14)29-13-28-17)12-19(26)24-16-5-3-2-4-15(16)20(21,22)23/h2-7,10H,8-9,11-13H2,1H3,(H,24,26). The predicted octanol–water partition coefficient (Wildman–Crippen LogP) is 3.52. The summed E-state index contributed by atoms with van der Waals surface area (Å²) < 4.78 is 55.1. The summed E-state index contributed by atoms with van der Waals surface area (Å²) in [6, 6.07) is 10.3. The Balaban J connectivity index is 1.68. The molecule has 2 aromatic rings. The number of hydrogen-bond donors (Lipinski definition) is 1. The number of nitrogens with zero attached hydrogens (tertiary/aromatic N) is 1. The van der Waals surface area contributed by atoms with Gasteiger partial charge >= 0.3 is 6.18 Å². The third-order valence-electron chi connectivity index (χ3n) is 4.33. The van der Waals surface area contributed by atoms with E-state index in [2.05, 4.69) is 5.32 Å². The van der Waals surface area contributed by atoms with Gasteiger partial charge in [-0.2, -0.15) is 13.2 Å². The van der Waals surface area contributed by atoms with E-state index in [-0.39, 0.29) is 19.0 Å². The second kappa shape index (κ2) is 9.15. The lowest BCUT2D eigenvalue weighted by Crippen LogP contribution is -2.35. The molecule has 0 aromatic heterocycles. The molecule has 0 unspecified atom stereocenters. The highest BCUT2D eigenvalue weighted by Crippen LogP contribution is 2.35. The molecule has 1 heterocycles. The Hall–Kier alpha value is -2.78. The van der Waals surface area contributed by atoms with Crippen molar-refractivity contribution >= 4 is 11.6 Å². The number of halogens is 3. The number of ether oxygens (including phenoxy) is 3. The number of benzene rings is 2. The van der Waals surface area contributed by atoms with Crippen molar-refractivity contribution in [2.45, 2.75) is 12.7 Å². The summed E-state index contributed by atoms with van der Waals surface area (Å²) in [5, 5.41) is 2.37. The Morgan fingerprint density at radius 1 is 1.17 bits per heavy atom. The molecule has 1 aliphatic rings. The second-order valence-electron chi connectivity index (χ2n) is 6.48. The SMILES string of the molecule is COCCN(CC(=O)Nc1ccccc1C(F)(F)F)Cc1ccc2c(c1)OCO2. The van der Waals surface area contributed by atoms with E-state index < -0.39 is 17.6 Å². The number of para-hydroxylation sites is 1. The fraction of sp³-hybridized carbons (Fsp3) is 0.350. The summed E-state index contributed by atoms with van der Waals surface area (Å²) >= 11 is 0. The maximum Gasteiger partial charge on any atom is 0.418 e. The molecule has 3 rings (SSSR count). The number of carbonyl (C=O) groups excluding carboxylic acids is 1. The molecular weight excluding hydrogens is 389 g/mol. The summed E-state index contributed by atoms with van der Waals surface area (Å²) in [5.74, 6) is 0.731. The number of amides is 1. The summed E-state index contributed by atoms with van der Waals surface area (Å²) in [6.45, 7) is 1.27. The zero-order valence-electron chi connectivity index (χ0n) is 15.8. The van der Waals surface area contributed by atoms with Crippen molar-refractivity contribution in [1.82, 2.24) is 4.90 Å². The number of methoxy groups -OCH3 is 1. The third-order valence-corrected chi connectivity index (χ3v) is 4.33. The predicted molar refractivity (Wildman–Crippen MR) is 99.8 cm³/mol. The quantitative estimate of drug-likeness (QED) is 0.722. The van der Waals surface area contributed by atoms with E-state index >= 15 is 0 Å². The van der Waals surface area contributed by atoms with Crippen LogP contribution in [0.1, 0.15) is 11.1 Å². The van der Waals surface area contributed by atoms with Gasteiger partial charge < -0.3 is 19.5 Å². The van der Waals surface area contributed by atoms with Gasteiger partial charge in [-0.1, -0.05) is 18.2 Å². The van der Waals surface area contributed by atoms with Gasteiger partial charge in [0.25, 0.3) is 0 Å². The molecular formula is C20H21F3N2O4. The van der Waals surface area contributed by atoms with Gasteiger partial charge in [-0.25, -0.2) is 0 Å². The third kappa shape index (κ3) is 5.61. The Morgan fingerprint density at radius 2 is 1.93 bits per heavy atom. The summed E-state index contributed by atoms with van der Waals surface area (Å²) in [5.41, 5.74) is -0.263. The van der Waals surface area contributed by atoms with E-state index in [0.29, 0.717) is 31.2 Å². The van der Waals surface area contributed by atoms with Gasteiger partial charge in [-0.05, 0) is 29.8 Å². The zero-order valence-corrected chi connectivity index (χ0v) is 15.8. The van der Waals surface area contributed by atoms with E-state index in [9.17, 15) is 18.0 Å². The van der Waals surface area contributed by atoms with E-state index in [0.717, 1.165) is 11.6 Å². The summed E-state index contributed by atoms with van der Waals surface area (Å²) in [4.78, 5) is 14.2. The Labute approximate surface area is 166 Å². The number of fused-ring (bicyclic) bond motifs is 1. The molecule has 1 amide bonds. The number of alkyl halides is 3. The van der Waals surface area contributed by atoms with Crippen molar-refractivity contribution in [2.24, 2.45) is 0 Å². The monoisotopic (exact) mass is 410 g/mol. The van der Waals surface area contributed by atoms with Gasteiger partial charge in [0.2, 0.25) is 12.7 Å². The lowest BCUT2D eigenvalue weighted by molar-refractivity contribution is -0.137. The molecule has 0 bridgehead atoms. The first-order chi connectivity index (χ1) is 13.9. The van der Waals surface area contributed by atoms with Crippen LogP contribution in [-0.4, -0.2) is 44.4 Å². The van der Waals surface area contributed by atoms with Crippen molar-refractivity contribution < 1.29 is 32.2 Å². The van der Waals surface area contributed by atoms with E-state index in [1.165, 1.54) is 18.2 Å². The first kappa shape index (κ1) is 20.9. The largest absolute Gasteiger partial charge is 0.454 e. The van der Waals surface area contributed by atoms with E-state index in [1.807, 2.05) is 12.1 Å². The van der Waals surface area contributed by atoms with Gasteiger partial charge in [-0.15, -0.1) is 0 Å². The minimum absolute atomic E-state index is 0.0933. The highest BCUT2D eigenvalue weighted by molar-refractivity contribution is 5.93. The number of anilines is 1. The van der Waals surface area contributed by atoms with Crippen LogP contribution in [0, 0.1) is 0 Å². The van der Waals surface area contributed by atoms with Crippen LogP contribution in [0.3, 0.4) is 0 Å². The van der Waals surface area contributed by atoms with Crippen LogP contribution in [-0.2, 0) is 22.3 Å². The van der Waals surface area contributed by atoms with Crippen LogP contribution >= 0.6 is 0 Å². The smallest absolute Gasteiger partial charge is 0.418 e. The van der Waals surface area contributed by atoms with Crippen molar-refractivity contribution in [3.8, 4) is 11.5 Å². The molecule has 0 saturated heterocycles. The van der Waals surface area contributed by atoms with Crippen molar-refractivity contribution in [3.05, 3.63) is 53.6 Å². The Bertz CT molecular complexity index is 858. The maximum atomic E-state index is 13.1. The summed E-state index contributed by atoms with van der Waals surface area (Å²) in [6.07, 6.45) is -4.55. The highest BCUT2D eigenvalue weighted by atomic mass is 19.4. The molecule has 29 heavy (non-hydrogen) atoms. The molecule has 2 aromatic carbocycles. The number of hydrogen-bond acceptors (Lipinski definition) is 5.